The molecular formula is C12H20N2S. The lowest BCUT2D eigenvalue weighted by Crippen LogP contribution is -2.37. The predicted octanol–water partition coefficient (Wildman–Crippen LogP) is 2.71. The molecule has 1 N–H and O–H groups in total. The highest BCUT2D eigenvalue weighted by Gasteiger charge is 2.33. The van der Waals surface area contributed by atoms with Gasteiger partial charge in [-0.25, -0.2) is 4.98 Å². The van der Waals surface area contributed by atoms with E-state index in [0.29, 0.717) is 6.04 Å². The zero-order chi connectivity index (χ0) is 10.7. The number of nitrogens with one attached hydrogen (secondary N) is 1. The van der Waals surface area contributed by atoms with E-state index in [1.54, 1.807) is 11.3 Å². The van der Waals surface area contributed by atoms with Crippen molar-refractivity contribution in [2.75, 3.05) is 6.54 Å². The number of likely N-dealkylation sites (N-methyl/N-ethyl adjacent to an activating group) is 1. The summed E-state index contributed by atoms with van der Waals surface area (Å²) in [5, 5.41) is 6.95. The maximum absolute atomic E-state index is 4.38. The summed E-state index contributed by atoms with van der Waals surface area (Å²) < 4.78 is 0. The van der Waals surface area contributed by atoms with Gasteiger partial charge in [0.05, 0.1) is 5.01 Å². The Morgan fingerprint density at radius 1 is 1.60 bits per heavy atom. The number of nitrogens with zero attached hydrogens (tertiary/aromatic N) is 1. The van der Waals surface area contributed by atoms with Gasteiger partial charge in [0.2, 0.25) is 0 Å². The van der Waals surface area contributed by atoms with E-state index in [4.69, 9.17) is 0 Å². The van der Waals surface area contributed by atoms with E-state index in [1.165, 1.54) is 17.8 Å². The van der Waals surface area contributed by atoms with Crippen LogP contribution in [0.5, 0.6) is 0 Å². The van der Waals surface area contributed by atoms with Crippen molar-refractivity contribution in [3.8, 4) is 0 Å². The Morgan fingerprint density at radius 2 is 2.40 bits per heavy atom. The van der Waals surface area contributed by atoms with Crippen molar-refractivity contribution in [2.24, 2.45) is 11.8 Å². The van der Waals surface area contributed by atoms with Crippen molar-refractivity contribution >= 4 is 11.3 Å². The van der Waals surface area contributed by atoms with Gasteiger partial charge in [-0.2, -0.15) is 0 Å². The monoisotopic (exact) mass is 224 g/mol. The number of thiazole rings is 1. The molecule has 1 heterocycles. The standard InChI is InChI=1S/C12H20N2S/c1-3-13-11(9(2)10-4-5-10)8-12-14-6-7-15-12/h6-7,9-11,13H,3-5,8H2,1-2H3. The molecule has 1 aliphatic rings. The molecule has 3 heteroatoms. The highest BCUT2D eigenvalue weighted by atomic mass is 32.1. The number of rotatable bonds is 6. The summed E-state index contributed by atoms with van der Waals surface area (Å²) in [6.07, 6.45) is 5.87. The Bertz CT molecular complexity index is 280. The van der Waals surface area contributed by atoms with Gasteiger partial charge in [0.25, 0.3) is 0 Å². The van der Waals surface area contributed by atoms with Crippen LogP contribution in [-0.2, 0) is 6.42 Å². The van der Waals surface area contributed by atoms with Gasteiger partial charge in [-0.05, 0) is 31.2 Å². The number of hydrogen-bond acceptors (Lipinski definition) is 3. The Balaban J connectivity index is 1.92. The van der Waals surface area contributed by atoms with Crippen LogP contribution in [0.25, 0.3) is 0 Å². The SMILES string of the molecule is CCNC(Cc1nccs1)C(C)C1CC1. The summed E-state index contributed by atoms with van der Waals surface area (Å²) >= 11 is 1.78. The van der Waals surface area contributed by atoms with E-state index >= 15 is 0 Å². The van der Waals surface area contributed by atoms with Gasteiger partial charge in [0, 0.05) is 24.0 Å². The quantitative estimate of drug-likeness (QED) is 0.803. The van der Waals surface area contributed by atoms with E-state index in [0.717, 1.165) is 24.8 Å². The second-order valence-electron chi connectivity index (χ2n) is 4.49. The Kier molecular flexibility index (Phi) is 3.76. The van der Waals surface area contributed by atoms with Crippen LogP contribution in [0, 0.1) is 11.8 Å². The largest absolute Gasteiger partial charge is 0.314 e. The van der Waals surface area contributed by atoms with Gasteiger partial charge in [0.15, 0.2) is 0 Å². The Labute approximate surface area is 96.1 Å². The summed E-state index contributed by atoms with van der Waals surface area (Å²) in [5.74, 6) is 1.77. The minimum Gasteiger partial charge on any atom is -0.314 e. The van der Waals surface area contributed by atoms with Gasteiger partial charge in [-0.1, -0.05) is 13.8 Å². The van der Waals surface area contributed by atoms with Gasteiger partial charge in [0.1, 0.15) is 0 Å². The van der Waals surface area contributed by atoms with Crippen LogP contribution in [0.4, 0.5) is 0 Å². The van der Waals surface area contributed by atoms with Crippen LogP contribution >= 0.6 is 11.3 Å². The molecule has 1 aromatic rings. The lowest BCUT2D eigenvalue weighted by atomic mass is 9.94. The van der Waals surface area contributed by atoms with Crippen molar-refractivity contribution < 1.29 is 0 Å². The topological polar surface area (TPSA) is 24.9 Å². The molecule has 2 atom stereocenters. The van der Waals surface area contributed by atoms with E-state index in [-0.39, 0.29) is 0 Å². The van der Waals surface area contributed by atoms with Gasteiger partial charge >= 0.3 is 0 Å². The highest BCUT2D eigenvalue weighted by molar-refractivity contribution is 7.09. The first kappa shape index (κ1) is 11.1. The summed E-state index contributed by atoms with van der Waals surface area (Å²) in [6, 6.07) is 0.619. The van der Waals surface area contributed by atoms with Crippen molar-refractivity contribution in [1.29, 1.82) is 0 Å². The molecule has 0 aromatic carbocycles. The first-order valence-electron chi connectivity index (χ1n) is 5.93. The maximum atomic E-state index is 4.38. The Hall–Kier alpha value is -0.410. The normalized spacial score (nSPS) is 20.1. The van der Waals surface area contributed by atoms with Crippen LogP contribution < -0.4 is 5.32 Å². The van der Waals surface area contributed by atoms with Crippen LogP contribution in [0.1, 0.15) is 31.7 Å². The second kappa shape index (κ2) is 5.08. The molecule has 2 nitrogen and oxygen atoms in total. The average Bonchev–Trinajstić information content (AvgIpc) is 2.96. The molecule has 1 fully saturated rings. The molecule has 84 valence electrons. The molecule has 0 amide bonds. The molecule has 15 heavy (non-hydrogen) atoms. The molecule has 0 bridgehead atoms. The van der Waals surface area contributed by atoms with E-state index in [9.17, 15) is 0 Å². The third-order valence-corrected chi connectivity index (χ3v) is 4.15. The fourth-order valence-electron chi connectivity index (χ4n) is 2.20. The molecule has 1 aliphatic carbocycles. The highest BCUT2D eigenvalue weighted by Crippen LogP contribution is 2.38. The fourth-order valence-corrected chi connectivity index (χ4v) is 2.87. The third-order valence-electron chi connectivity index (χ3n) is 3.34. The average molecular weight is 224 g/mol. The molecule has 2 unspecified atom stereocenters. The first-order valence-corrected chi connectivity index (χ1v) is 6.81. The van der Waals surface area contributed by atoms with Crippen LogP contribution in [0.3, 0.4) is 0 Å². The second-order valence-corrected chi connectivity index (χ2v) is 5.47. The third kappa shape index (κ3) is 3.02. The molecule has 2 rings (SSSR count). The summed E-state index contributed by atoms with van der Waals surface area (Å²) in [7, 11) is 0. The zero-order valence-electron chi connectivity index (χ0n) is 9.57. The molecule has 0 saturated heterocycles. The van der Waals surface area contributed by atoms with Gasteiger partial charge < -0.3 is 5.32 Å². The minimum atomic E-state index is 0.619. The molecule has 0 aliphatic heterocycles. The fraction of sp³-hybridized carbons (Fsp3) is 0.750. The van der Waals surface area contributed by atoms with Crippen molar-refractivity contribution in [3.05, 3.63) is 16.6 Å². The smallest absolute Gasteiger partial charge is 0.0940 e. The van der Waals surface area contributed by atoms with Gasteiger partial charge in [-0.15, -0.1) is 11.3 Å². The molecule has 0 radical (unpaired) electrons. The predicted molar refractivity (Wildman–Crippen MR) is 65.2 cm³/mol. The molecule has 1 aromatic heterocycles. The minimum absolute atomic E-state index is 0.619. The van der Waals surface area contributed by atoms with E-state index in [2.05, 4.69) is 29.5 Å². The first-order chi connectivity index (χ1) is 7.31. The van der Waals surface area contributed by atoms with Crippen LogP contribution in [-0.4, -0.2) is 17.6 Å². The molecular weight excluding hydrogens is 204 g/mol. The number of hydrogen-bond donors (Lipinski definition) is 1. The van der Waals surface area contributed by atoms with Crippen molar-refractivity contribution in [1.82, 2.24) is 10.3 Å². The van der Waals surface area contributed by atoms with Crippen LogP contribution in [0.15, 0.2) is 11.6 Å². The summed E-state index contributed by atoms with van der Waals surface area (Å²) in [5.41, 5.74) is 0. The van der Waals surface area contributed by atoms with Crippen molar-refractivity contribution in [3.63, 3.8) is 0 Å². The number of aromatic nitrogens is 1. The van der Waals surface area contributed by atoms with Gasteiger partial charge in [-0.3, -0.25) is 0 Å². The van der Waals surface area contributed by atoms with E-state index < -0.39 is 0 Å². The summed E-state index contributed by atoms with van der Waals surface area (Å²) in [6.45, 7) is 5.64. The molecule has 1 saturated carbocycles. The lowest BCUT2D eigenvalue weighted by Gasteiger charge is -2.23. The lowest BCUT2D eigenvalue weighted by molar-refractivity contribution is 0.344. The zero-order valence-corrected chi connectivity index (χ0v) is 10.4. The molecule has 0 spiro atoms. The van der Waals surface area contributed by atoms with Crippen molar-refractivity contribution in [2.45, 2.75) is 39.2 Å². The summed E-state index contributed by atoms with van der Waals surface area (Å²) in [4.78, 5) is 4.38. The van der Waals surface area contributed by atoms with E-state index in [1.807, 2.05) is 6.20 Å². The van der Waals surface area contributed by atoms with Crippen LogP contribution in [0.2, 0.25) is 0 Å². The maximum Gasteiger partial charge on any atom is 0.0940 e. The Morgan fingerprint density at radius 3 is 2.93 bits per heavy atom.